The van der Waals surface area contributed by atoms with Crippen LogP contribution in [-0.2, 0) is 28.7 Å². The number of benzene rings is 1. The largest absolute Gasteiger partial charge is 0.480 e. The zero-order chi connectivity index (χ0) is 21.4. The highest BCUT2D eigenvalue weighted by Gasteiger charge is 2.42. The van der Waals surface area contributed by atoms with Crippen LogP contribution < -0.4 is 10.1 Å². The fourth-order valence-corrected chi connectivity index (χ4v) is 2.45. The molecular weight excluding hydrogens is 374 g/mol. The van der Waals surface area contributed by atoms with E-state index >= 15 is 0 Å². The smallest absolute Gasteiger partial charge is 0.326 e. The van der Waals surface area contributed by atoms with E-state index in [-0.39, 0.29) is 11.3 Å². The van der Waals surface area contributed by atoms with E-state index in [9.17, 15) is 29.1 Å². The van der Waals surface area contributed by atoms with Gasteiger partial charge in [-0.1, -0.05) is 6.92 Å². The van der Waals surface area contributed by atoms with E-state index in [1.54, 1.807) is 0 Å². The van der Waals surface area contributed by atoms with Gasteiger partial charge in [0.25, 0.3) is 5.91 Å². The van der Waals surface area contributed by atoms with Gasteiger partial charge in [-0.05, 0) is 24.3 Å². The highest BCUT2D eigenvalue weighted by atomic mass is 16.5. The topological polar surface area (TPSA) is 145 Å². The number of carboxylic acid groups (broad SMARTS) is 1. The van der Waals surface area contributed by atoms with Crippen LogP contribution in [0.1, 0.15) is 24.2 Å². The predicted octanol–water partition coefficient (Wildman–Crippen LogP) is 0.393. The average molecular weight is 395 g/mol. The number of carbonyl (C=O) groups excluding carboxylic acids is 4. The maximum Gasteiger partial charge on any atom is 0.326 e. The van der Waals surface area contributed by atoms with E-state index in [4.69, 9.17) is 4.74 Å². The third-order valence-corrected chi connectivity index (χ3v) is 3.89. The number of rotatable bonds is 8. The molecule has 0 spiro atoms. The molecule has 0 saturated carbocycles. The molecule has 1 aromatic rings. The summed E-state index contributed by atoms with van der Waals surface area (Å²) in [5.74, 6) is -7.20. The molecule has 10 nitrogen and oxygen atoms in total. The minimum absolute atomic E-state index is 0.0852. The number of hydrogen-bond acceptors (Lipinski definition) is 8. The van der Waals surface area contributed by atoms with Crippen molar-refractivity contribution in [2.45, 2.75) is 19.9 Å². The first-order valence-corrected chi connectivity index (χ1v) is 8.10. The van der Waals surface area contributed by atoms with Crippen LogP contribution in [0, 0.1) is 11.8 Å². The van der Waals surface area contributed by atoms with Gasteiger partial charge in [-0.3, -0.25) is 19.2 Å². The SMILES string of the molecule is COC(=O)C(C(=O)OC)[C@@H](C)[C@@H](NC(=O)c1ccc(OC(C)=O)cc1)C(=O)O. The number of ether oxygens (including phenoxy) is 3. The van der Waals surface area contributed by atoms with E-state index in [0.717, 1.165) is 14.2 Å². The maximum atomic E-state index is 12.4. The number of esters is 3. The summed E-state index contributed by atoms with van der Waals surface area (Å²) < 4.78 is 13.9. The van der Waals surface area contributed by atoms with Crippen LogP contribution in [0.5, 0.6) is 5.75 Å². The molecule has 0 aliphatic heterocycles. The number of carboxylic acids is 1. The van der Waals surface area contributed by atoms with Crippen molar-refractivity contribution in [3.8, 4) is 5.75 Å². The molecule has 152 valence electrons. The maximum absolute atomic E-state index is 12.4. The standard InChI is InChI=1S/C18H21NO9/c1-9(13(17(24)26-3)18(25)27-4)14(16(22)23)19-15(21)11-5-7-12(8-6-11)28-10(2)20/h5-9,13-14H,1-4H3,(H,19,21)(H,22,23)/t9-,14-/m1/s1. The number of carbonyl (C=O) groups is 5. The molecule has 0 aliphatic carbocycles. The van der Waals surface area contributed by atoms with E-state index in [1.807, 2.05) is 0 Å². The third-order valence-electron chi connectivity index (χ3n) is 3.89. The molecule has 10 heteroatoms. The highest BCUT2D eigenvalue weighted by Crippen LogP contribution is 2.20. The van der Waals surface area contributed by atoms with Crippen molar-refractivity contribution in [1.82, 2.24) is 5.32 Å². The lowest BCUT2D eigenvalue weighted by Gasteiger charge is -2.26. The second-order valence-electron chi connectivity index (χ2n) is 5.79. The van der Waals surface area contributed by atoms with Crippen molar-refractivity contribution in [2.75, 3.05) is 14.2 Å². The van der Waals surface area contributed by atoms with Gasteiger partial charge in [-0.2, -0.15) is 0 Å². The molecule has 0 heterocycles. The van der Waals surface area contributed by atoms with Gasteiger partial charge in [0.05, 0.1) is 14.2 Å². The Morgan fingerprint density at radius 1 is 0.964 bits per heavy atom. The summed E-state index contributed by atoms with van der Waals surface area (Å²) in [5.41, 5.74) is 0.0852. The van der Waals surface area contributed by atoms with Crippen LogP contribution in [0.15, 0.2) is 24.3 Å². The molecule has 0 radical (unpaired) electrons. The molecule has 0 aromatic heterocycles. The first kappa shape index (κ1) is 22.6. The zero-order valence-electron chi connectivity index (χ0n) is 15.8. The van der Waals surface area contributed by atoms with Gasteiger partial charge in [0.15, 0.2) is 5.92 Å². The van der Waals surface area contributed by atoms with Gasteiger partial charge in [0, 0.05) is 18.4 Å². The summed E-state index contributed by atoms with van der Waals surface area (Å²) in [5, 5.41) is 11.7. The van der Waals surface area contributed by atoms with E-state index in [1.165, 1.54) is 38.1 Å². The molecule has 0 unspecified atom stereocenters. The van der Waals surface area contributed by atoms with Crippen LogP contribution in [0.4, 0.5) is 0 Å². The quantitative estimate of drug-likeness (QED) is 0.363. The average Bonchev–Trinajstić information content (AvgIpc) is 2.65. The molecule has 1 aromatic carbocycles. The zero-order valence-corrected chi connectivity index (χ0v) is 15.8. The third kappa shape index (κ3) is 5.79. The fraction of sp³-hybridized carbons (Fsp3) is 0.389. The highest BCUT2D eigenvalue weighted by molar-refractivity contribution is 5.98. The Bertz CT molecular complexity index is 741. The molecule has 2 N–H and O–H groups in total. The molecule has 1 rings (SSSR count). The van der Waals surface area contributed by atoms with Crippen LogP contribution in [0.25, 0.3) is 0 Å². The van der Waals surface area contributed by atoms with Crippen LogP contribution in [0.3, 0.4) is 0 Å². The van der Waals surface area contributed by atoms with Crippen molar-refractivity contribution < 1.29 is 43.3 Å². The minimum atomic E-state index is -1.58. The molecule has 2 atom stereocenters. The van der Waals surface area contributed by atoms with Gasteiger partial charge in [-0.15, -0.1) is 0 Å². The number of amides is 1. The summed E-state index contributed by atoms with van der Waals surface area (Å²) in [6.07, 6.45) is 0. The first-order valence-electron chi connectivity index (χ1n) is 8.10. The Labute approximate surface area is 160 Å². The second-order valence-corrected chi connectivity index (χ2v) is 5.79. The lowest BCUT2D eigenvalue weighted by Crippen LogP contribution is -2.50. The Morgan fingerprint density at radius 3 is 1.86 bits per heavy atom. The van der Waals surface area contributed by atoms with E-state index in [2.05, 4.69) is 14.8 Å². The number of methoxy groups -OCH3 is 2. The minimum Gasteiger partial charge on any atom is -0.480 e. The summed E-state index contributed by atoms with van der Waals surface area (Å²) in [6.45, 7) is 2.53. The van der Waals surface area contributed by atoms with Crippen molar-refractivity contribution in [2.24, 2.45) is 11.8 Å². The number of hydrogen-bond donors (Lipinski definition) is 2. The predicted molar refractivity (Wildman–Crippen MR) is 93.3 cm³/mol. The molecular formula is C18H21NO9. The first-order chi connectivity index (χ1) is 13.1. The summed E-state index contributed by atoms with van der Waals surface area (Å²) in [6, 6.07) is 3.80. The molecule has 28 heavy (non-hydrogen) atoms. The Kier molecular flexibility index (Phi) is 8.11. The van der Waals surface area contributed by atoms with Crippen molar-refractivity contribution in [3.63, 3.8) is 0 Å². The molecule has 0 fully saturated rings. The lowest BCUT2D eigenvalue weighted by atomic mass is 9.87. The Morgan fingerprint density at radius 2 is 1.46 bits per heavy atom. The Hall–Kier alpha value is -3.43. The summed E-state index contributed by atoms with van der Waals surface area (Å²) >= 11 is 0. The van der Waals surface area contributed by atoms with Gasteiger partial charge in [0.2, 0.25) is 0 Å². The van der Waals surface area contributed by atoms with Crippen molar-refractivity contribution in [3.05, 3.63) is 29.8 Å². The van der Waals surface area contributed by atoms with Crippen LogP contribution >= 0.6 is 0 Å². The van der Waals surface area contributed by atoms with E-state index in [0.29, 0.717) is 0 Å². The summed E-state index contributed by atoms with van der Waals surface area (Å²) in [7, 11) is 2.09. The number of aliphatic carboxylic acids is 1. The summed E-state index contributed by atoms with van der Waals surface area (Å²) in [4.78, 5) is 58.7. The normalized spacial score (nSPS) is 12.5. The van der Waals surface area contributed by atoms with Gasteiger partial charge in [0.1, 0.15) is 11.8 Å². The number of nitrogens with one attached hydrogen (secondary N) is 1. The van der Waals surface area contributed by atoms with Crippen LogP contribution in [-0.4, -0.2) is 55.2 Å². The monoisotopic (exact) mass is 395 g/mol. The van der Waals surface area contributed by atoms with Crippen molar-refractivity contribution >= 4 is 29.8 Å². The van der Waals surface area contributed by atoms with Gasteiger partial charge >= 0.3 is 23.9 Å². The molecule has 0 bridgehead atoms. The van der Waals surface area contributed by atoms with Crippen LogP contribution in [0.2, 0.25) is 0 Å². The van der Waals surface area contributed by atoms with Crippen molar-refractivity contribution in [1.29, 1.82) is 0 Å². The van der Waals surface area contributed by atoms with E-state index < -0.39 is 47.7 Å². The molecule has 0 aliphatic rings. The second kappa shape index (κ2) is 10.0. The fourth-order valence-electron chi connectivity index (χ4n) is 2.45. The molecule has 1 amide bonds. The lowest BCUT2D eigenvalue weighted by molar-refractivity contribution is -0.162. The Balaban J connectivity index is 3.03. The van der Waals surface area contributed by atoms with Gasteiger partial charge < -0.3 is 24.6 Å². The van der Waals surface area contributed by atoms with Gasteiger partial charge in [-0.25, -0.2) is 4.79 Å². The molecule has 0 saturated heterocycles.